The number of fused-ring (bicyclic) bond motifs is 1. The van der Waals surface area contributed by atoms with Crippen molar-refractivity contribution in [2.45, 2.75) is 26.1 Å². The number of aromatic nitrogens is 1. The van der Waals surface area contributed by atoms with E-state index in [0.29, 0.717) is 23.8 Å². The standard InChI is InChI=1S/C25H23ClN2O2/c1-17(19-9-3-2-4-10-19)27-15-22-21-12-5-6-13-23(21)28(24(22)25(29)30)16-18-8-7-11-20(26)14-18/h2-14,17,27H,15-16H2,1H3,(H,29,30). The summed E-state index contributed by atoms with van der Waals surface area (Å²) in [4.78, 5) is 12.3. The highest BCUT2D eigenvalue weighted by molar-refractivity contribution is 6.30. The molecule has 0 aliphatic heterocycles. The molecule has 0 bridgehead atoms. The van der Waals surface area contributed by atoms with Gasteiger partial charge in [0.1, 0.15) is 5.69 Å². The monoisotopic (exact) mass is 418 g/mol. The van der Waals surface area contributed by atoms with Gasteiger partial charge in [0.25, 0.3) is 0 Å². The Morgan fingerprint density at radius 1 is 1.03 bits per heavy atom. The summed E-state index contributed by atoms with van der Waals surface area (Å²) in [6.45, 7) is 2.98. The first-order chi connectivity index (χ1) is 14.5. The number of carboxylic acid groups (broad SMARTS) is 1. The molecule has 1 unspecified atom stereocenters. The third-order valence-corrected chi connectivity index (χ3v) is 5.63. The molecule has 30 heavy (non-hydrogen) atoms. The van der Waals surface area contributed by atoms with Crippen LogP contribution < -0.4 is 5.32 Å². The molecule has 0 amide bonds. The third kappa shape index (κ3) is 4.11. The van der Waals surface area contributed by atoms with Gasteiger partial charge in [-0.05, 0) is 36.2 Å². The molecule has 0 spiro atoms. The molecule has 3 aromatic carbocycles. The molecular formula is C25H23ClN2O2. The molecular weight excluding hydrogens is 396 g/mol. The van der Waals surface area contributed by atoms with Crippen LogP contribution in [0.4, 0.5) is 0 Å². The second-order valence-corrected chi connectivity index (χ2v) is 7.82. The molecule has 4 aromatic rings. The Morgan fingerprint density at radius 2 is 1.77 bits per heavy atom. The second-order valence-electron chi connectivity index (χ2n) is 7.38. The largest absolute Gasteiger partial charge is 0.477 e. The minimum absolute atomic E-state index is 0.0999. The van der Waals surface area contributed by atoms with Crippen molar-refractivity contribution in [2.24, 2.45) is 0 Å². The number of hydrogen-bond donors (Lipinski definition) is 2. The number of nitrogens with one attached hydrogen (secondary N) is 1. The van der Waals surface area contributed by atoms with E-state index in [1.54, 1.807) is 0 Å². The normalized spacial score (nSPS) is 12.2. The summed E-state index contributed by atoms with van der Waals surface area (Å²) < 4.78 is 1.87. The van der Waals surface area contributed by atoms with Crippen LogP contribution in [0.5, 0.6) is 0 Å². The summed E-state index contributed by atoms with van der Waals surface area (Å²) in [7, 11) is 0. The van der Waals surface area contributed by atoms with Gasteiger partial charge in [-0.2, -0.15) is 0 Å². The number of rotatable bonds is 7. The topological polar surface area (TPSA) is 54.3 Å². The predicted molar refractivity (Wildman–Crippen MR) is 121 cm³/mol. The van der Waals surface area contributed by atoms with Gasteiger partial charge in [0.15, 0.2) is 0 Å². The average Bonchev–Trinajstić information content (AvgIpc) is 3.06. The predicted octanol–water partition coefficient (Wildman–Crippen LogP) is 5.89. The molecule has 1 atom stereocenters. The van der Waals surface area contributed by atoms with E-state index >= 15 is 0 Å². The van der Waals surface area contributed by atoms with E-state index in [-0.39, 0.29) is 6.04 Å². The summed E-state index contributed by atoms with van der Waals surface area (Å²) in [6.07, 6.45) is 0. The number of nitrogens with zero attached hydrogens (tertiary/aromatic N) is 1. The van der Waals surface area contributed by atoms with Crippen molar-refractivity contribution >= 4 is 28.5 Å². The highest BCUT2D eigenvalue weighted by Crippen LogP contribution is 2.28. The van der Waals surface area contributed by atoms with E-state index in [9.17, 15) is 9.90 Å². The lowest BCUT2D eigenvalue weighted by Gasteiger charge is -2.15. The van der Waals surface area contributed by atoms with Crippen LogP contribution >= 0.6 is 11.6 Å². The zero-order chi connectivity index (χ0) is 21.1. The van der Waals surface area contributed by atoms with Gasteiger partial charge in [-0.1, -0.05) is 72.3 Å². The smallest absolute Gasteiger partial charge is 0.352 e. The van der Waals surface area contributed by atoms with Crippen molar-refractivity contribution in [3.8, 4) is 0 Å². The first-order valence-corrected chi connectivity index (χ1v) is 10.3. The number of hydrogen-bond acceptors (Lipinski definition) is 2. The summed E-state index contributed by atoms with van der Waals surface area (Å²) in [6, 6.07) is 25.6. The van der Waals surface area contributed by atoms with Gasteiger partial charge >= 0.3 is 5.97 Å². The Labute approximate surface area is 180 Å². The molecule has 0 radical (unpaired) electrons. The molecule has 4 rings (SSSR count). The molecule has 0 fully saturated rings. The Balaban J connectivity index is 1.74. The molecule has 1 heterocycles. The van der Waals surface area contributed by atoms with Crippen molar-refractivity contribution in [2.75, 3.05) is 0 Å². The van der Waals surface area contributed by atoms with Crippen LogP contribution in [0.3, 0.4) is 0 Å². The molecule has 5 heteroatoms. The first kappa shape index (κ1) is 20.2. The zero-order valence-electron chi connectivity index (χ0n) is 16.7. The lowest BCUT2D eigenvalue weighted by atomic mass is 10.1. The Morgan fingerprint density at radius 3 is 2.50 bits per heavy atom. The SMILES string of the molecule is CC(NCc1c(C(=O)O)n(Cc2cccc(Cl)c2)c2ccccc12)c1ccccc1. The van der Waals surface area contributed by atoms with Crippen molar-refractivity contribution < 1.29 is 9.90 Å². The van der Waals surface area contributed by atoms with Crippen LogP contribution in [0, 0.1) is 0 Å². The molecule has 1 aromatic heterocycles. The molecule has 152 valence electrons. The summed E-state index contributed by atoms with van der Waals surface area (Å²) in [5.74, 6) is -0.933. The highest BCUT2D eigenvalue weighted by atomic mass is 35.5. The van der Waals surface area contributed by atoms with E-state index in [1.807, 2.05) is 71.3 Å². The van der Waals surface area contributed by atoms with Crippen LogP contribution in [0.15, 0.2) is 78.9 Å². The van der Waals surface area contributed by atoms with Crippen LogP contribution in [0.25, 0.3) is 10.9 Å². The number of benzene rings is 3. The quantitative estimate of drug-likeness (QED) is 0.393. The van der Waals surface area contributed by atoms with Crippen molar-refractivity contribution in [3.63, 3.8) is 0 Å². The molecule has 0 aliphatic carbocycles. The fourth-order valence-electron chi connectivity index (χ4n) is 3.90. The van der Waals surface area contributed by atoms with Gasteiger partial charge in [-0.15, -0.1) is 0 Å². The number of carbonyl (C=O) groups is 1. The minimum Gasteiger partial charge on any atom is -0.477 e. The number of carboxylic acids is 1. The van der Waals surface area contributed by atoms with Crippen LogP contribution in [0.2, 0.25) is 5.02 Å². The summed E-state index contributed by atoms with van der Waals surface area (Å²) >= 11 is 6.14. The number of halogens is 1. The minimum atomic E-state index is -0.933. The Bertz CT molecular complexity index is 1180. The fraction of sp³-hybridized carbons (Fsp3) is 0.160. The molecule has 0 saturated heterocycles. The zero-order valence-corrected chi connectivity index (χ0v) is 17.4. The van der Waals surface area contributed by atoms with Crippen LogP contribution in [-0.4, -0.2) is 15.6 Å². The Kier molecular flexibility index (Phi) is 5.88. The van der Waals surface area contributed by atoms with Crippen LogP contribution in [-0.2, 0) is 13.1 Å². The first-order valence-electron chi connectivity index (χ1n) is 9.90. The van der Waals surface area contributed by atoms with Crippen molar-refractivity contribution in [1.29, 1.82) is 0 Å². The van der Waals surface area contributed by atoms with E-state index in [0.717, 1.165) is 27.6 Å². The molecule has 2 N–H and O–H groups in total. The van der Waals surface area contributed by atoms with E-state index in [4.69, 9.17) is 11.6 Å². The van der Waals surface area contributed by atoms with Gasteiger partial charge < -0.3 is 15.0 Å². The Hall–Kier alpha value is -3.08. The van der Waals surface area contributed by atoms with Crippen LogP contribution in [0.1, 0.15) is 40.1 Å². The van der Waals surface area contributed by atoms with Gasteiger partial charge in [-0.25, -0.2) is 4.79 Å². The second kappa shape index (κ2) is 8.74. The molecule has 4 nitrogen and oxygen atoms in total. The van der Waals surface area contributed by atoms with Gasteiger partial charge in [0.05, 0.1) is 0 Å². The number of para-hydroxylation sites is 1. The lowest BCUT2D eigenvalue weighted by Crippen LogP contribution is -2.20. The van der Waals surface area contributed by atoms with Gasteiger partial charge in [0, 0.05) is 40.6 Å². The van der Waals surface area contributed by atoms with E-state index in [1.165, 1.54) is 0 Å². The molecule has 0 saturated carbocycles. The molecule has 0 aliphatic rings. The maximum absolute atomic E-state index is 12.3. The highest BCUT2D eigenvalue weighted by Gasteiger charge is 2.22. The fourth-order valence-corrected chi connectivity index (χ4v) is 4.11. The maximum atomic E-state index is 12.3. The van der Waals surface area contributed by atoms with Gasteiger partial charge in [0.2, 0.25) is 0 Å². The van der Waals surface area contributed by atoms with Crippen molar-refractivity contribution in [1.82, 2.24) is 9.88 Å². The lowest BCUT2D eigenvalue weighted by molar-refractivity contribution is 0.0684. The third-order valence-electron chi connectivity index (χ3n) is 5.39. The van der Waals surface area contributed by atoms with E-state index in [2.05, 4.69) is 24.4 Å². The van der Waals surface area contributed by atoms with E-state index < -0.39 is 5.97 Å². The van der Waals surface area contributed by atoms with Crippen molar-refractivity contribution in [3.05, 3.63) is 106 Å². The average molecular weight is 419 g/mol. The number of aromatic carboxylic acids is 1. The maximum Gasteiger partial charge on any atom is 0.352 e. The van der Waals surface area contributed by atoms with Gasteiger partial charge in [-0.3, -0.25) is 0 Å². The summed E-state index contributed by atoms with van der Waals surface area (Å²) in [5, 5.41) is 15.2. The summed E-state index contributed by atoms with van der Waals surface area (Å²) in [5.41, 5.74) is 4.13.